The first-order valence-electron chi connectivity index (χ1n) is 8.49. The number of nitrogens with zero attached hydrogens (tertiary/aromatic N) is 3. The van der Waals surface area contributed by atoms with Gasteiger partial charge in [0.25, 0.3) is 5.91 Å². The second kappa shape index (κ2) is 8.69. The lowest BCUT2D eigenvalue weighted by molar-refractivity contribution is -0.112. The van der Waals surface area contributed by atoms with Gasteiger partial charge < -0.3 is 9.64 Å². The van der Waals surface area contributed by atoms with Crippen LogP contribution in [0.3, 0.4) is 0 Å². The number of ether oxygens (including phenoxy) is 1. The van der Waals surface area contributed by atoms with Crippen molar-refractivity contribution in [2.24, 2.45) is 4.99 Å². The Morgan fingerprint density at radius 1 is 1.18 bits per heavy atom. The van der Waals surface area contributed by atoms with E-state index < -0.39 is 29.2 Å². The van der Waals surface area contributed by atoms with Crippen molar-refractivity contribution in [1.29, 1.82) is 0 Å². The standard InChI is InChI=1S/C20H21F2N3O3/c1-20(2,3)28-19(27)24-17(10-13-8-14(21)11-15(22)9-13)18(26)25(4)16-6-5-7-23-12-16/h5-9,11-12H,10H2,1-4H3/b24-17+. The topological polar surface area (TPSA) is 71.9 Å². The van der Waals surface area contributed by atoms with Gasteiger partial charge in [-0.15, -0.1) is 0 Å². The van der Waals surface area contributed by atoms with Crippen molar-refractivity contribution in [3.63, 3.8) is 0 Å². The average Bonchev–Trinajstić information content (AvgIpc) is 2.58. The SMILES string of the molecule is CN(C(=O)/C(Cc1cc(F)cc(F)c1)=N/C(=O)OC(C)(C)C)c1cccnc1. The summed E-state index contributed by atoms with van der Waals surface area (Å²) in [7, 11) is 1.48. The predicted molar refractivity (Wildman–Crippen MR) is 101 cm³/mol. The predicted octanol–water partition coefficient (Wildman–Crippen LogP) is 3.94. The highest BCUT2D eigenvalue weighted by Crippen LogP contribution is 2.15. The highest BCUT2D eigenvalue weighted by atomic mass is 19.1. The largest absolute Gasteiger partial charge is 0.442 e. The summed E-state index contributed by atoms with van der Waals surface area (Å²) in [5.74, 6) is -2.21. The van der Waals surface area contributed by atoms with Gasteiger partial charge in [0.15, 0.2) is 0 Å². The van der Waals surface area contributed by atoms with Crippen LogP contribution in [0.5, 0.6) is 0 Å². The number of benzene rings is 1. The number of halogens is 2. The van der Waals surface area contributed by atoms with E-state index in [0.29, 0.717) is 5.69 Å². The van der Waals surface area contributed by atoms with Crippen molar-refractivity contribution in [1.82, 2.24) is 4.98 Å². The Kier molecular flexibility index (Phi) is 6.56. The molecular weight excluding hydrogens is 368 g/mol. The number of aromatic nitrogens is 1. The lowest BCUT2D eigenvalue weighted by atomic mass is 10.1. The van der Waals surface area contributed by atoms with Gasteiger partial charge in [0, 0.05) is 25.7 Å². The number of pyridine rings is 1. The van der Waals surface area contributed by atoms with Crippen molar-refractivity contribution in [3.05, 3.63) is 59.9 Å². The molecule has 0 bridgehead atoms. The van der Waals surface area contributed by atoms with E-state index in [9.17, 15) is 18.4 Å². The Labute approximate surface area is 161 Å². The molecule has 28 heavy (non-hydrogen) atoms. The van der Waals surface area contributed by atoms with Crippen LogP contribution in [0.2, 0.25) is 0 Å². The minimum absolute atomic E-state index is 0.160. The first-order valence-corrected chi connectivity index (χ1v) is 8.49. The van der Waals surface area contributed by atoms with E-state index in [2.05, 4.69) is 9.98 Å². The molecule has 8 heteroatoms. The Morgan fingerprint density at radius 2 is 1.82 bits per heavy atom. The van der Waals surface area contributed by atoms with E-state index >= 15 is 0 Å². The van der Waals surface area contributed by atoms with Gasteiger partial charge in [-0.3, -0.25) is 9.78 Å². The molecule has 6 nitrogen and oxygen atoms in total. The van der Waals surface area contributed by atoms with E-state index in [1.54, 1.807) is 39.1 Å². The molecule has 2 aromatic rings. The summed E-state index contributed by atoms with van der Waals surface area (Å²) in [4.78, 5) is 34.0. The van der Waals surface area contributed by atoms with Gasteiger partial charge in [-0.05, 0) is 50.6 Å². The summed E-state index contributed by atoms with van der Waals surface area (Å²) in [6.07, 6.45) is 1.79. The zero-order valence-electron chi connectivity index (χ0n) is 16.1. The molecule has 0 aliphatic heterocycles. The summed E-state index contributed by atoms with van der Waals surface area (Å²) in [5.41, 5.74) is -0.400. The molecule has 0 spiro atoms. The third kappa shape index (κ3) is 6.22. The van der Waals surface area contributed by atoms with Crippen LogP contribution in [0.15, 0.2) is 47.7 Å². The molecule has 2 amide bonds. The molecule has 1 aromatic heterocycles. The van der Waals surface area contributed by atoms with E-state index in [1.165, 1.54) is 18.1 Å². The number of rotatable bonds is 4. The van der Waals surface area contributed by atoms with E-state index in [1.807, 2.05) is 0 Å². The van der Waals surface area contributed by atoms with E-state index in [0.717, 1.165) is 18.2 Å². The fourth-order valence-electron chi connectivity index (χ4n) is 2.33. The van der Waals surface area contributed by atoms with Gasteiger partial charge in [-0.2, -0.15) is 4.99 Å². The second-order valence-corrected chi connectivity index (χ2v) is 7.07. The molecule has 0 atom stereocenters. The number of anilines is 1. The van der Waals surface area contributed by atoms with Gasteiger partial charge in [0.2, 0.25) is 0 Å². The lowest BCUT2D eigenvalue weighted by Gasteiger charge is -2.20. The molecule has 1 aromatic carbocycles. The van der Waals surface area contributed by atoms with E-state index in [-0.39, 0.29) is 17.7 Å². The molecule has 0 aliphatic rings. The lowest BCUT2D eigenvalue weighted by Crippen LogP contribution is -2.35. The number of hydrogen-bond acceptors (Lipinski definition) is 4. The molecule has 0 radical (unpaired) electrons. The quantitative estimate of drug-likeness (QED) is 0.743. The fourth-order valence-corrected chi connectivity index (χ4v) is 2.33. The van der Waals surface area contributed by atoms with Gasteiger partial charge in [-0.25, -0.2) is 13.6 Å². The van der Waals surface area contributed by atoms with Crippen LogP contribution in [0.25, 0.3) is 0 Å². The molecule has 0 saturated carbocycles. The minimum Gasteiger partial charge on any atom is -0.442 e. The van der Waals surface area contributed by atoms with Gasteiger partial charge in [0.1, 0.15) is 22.9 Å². The van der Waals surface area contributed by atoms with Gasteiger partial charge in [0.05, 0.1) is 11.9 Å². The first kappa shape index (κ1) is 21.1. The molecule has 148 valence electrons. The number of carbonyl (C=O) groups excluding carboxylic acids is 2. The molecule has 2 rings (SSSR count). The Balaban J connectivity index is 2.37. The summed E-state index contributed by atoms with van der Waals surface area (Å²) >= 11 is 0. The zero-order valence-corrected chi connectivity index (χ0v) is 16.1. The molecule has 0 aliphatic carbocycles. The van der Waals surface area contributed by atoms with Crippen molar-refractivity contribution < 1.29 is 23.1 Å². The van der Waals surface area contributed by atoms with E-state index in [4.69, 9.17) is 4.74 Å². The number of carbonyl (C=O) groups is 2. The van der Waals surface area contributed by atoms with Crippen LogP contribution >= 0.6 is 0 Å². The smallest absolute Gasteiger partial charge is 0.434 e. The zero-order chi connectivity index (χ0) is 20.9. The third-order valence-electron chi connectivity index (χ3n) is 3.50. The van der Waals surface area contributed by atoms with Crippen molar-refractivity contribution in [3.8, 4) is 0 Å². The molecule has 0 N–H and O–H groups in total. The van der Waals surface area contributed by atoms with Crippen LogP contribution in [0.4, 0.5) is 19.3 Å². The van der Waals surface area contributed by atoms with Crippen molar-refractivity contribution in [2.75, 3.05) is 11.9 Å². The second-order valence-electron chi connectivity index (χ2n) is 7.07. The third-order valence-corrected chi connectivity index (χ3v) is 3.50. The van der Waals surface area contributed by atoms with Crippen LogP contribution < -0.4 is 4.90 Å². The molecule has 1 heterocycles. The number of amides is 2. The Bertz CT molecular complexity index is 873. The molecular formula is C20H21F2N3O3. The summed E-state index contributed by atoms with van der Waals surface area (Å²) in [6.45, 7) is 4.98. The summed E-state index contributed by atoms with van der Waals surface area (Å²) in [5, 5.41) is 0. The normalized spacial score (nSPS) is 11.9. The fraction of sp³-hybridized carbons (Fsp3) is 0.300. The van der Waals surface area contributed by atoms with Crippen LogP contribution in [-0.2, 0) is 16.0 Å². The van der Waals surface area contributed by atoms with Crippen molar-refractivity contribution in [2.45, 2.75) is 32.8 Å². The maximum absolute atomic E-state index is 13.5. The molecule has 0 fully saturated rings. The summed E-state index contributed by atoms with van der Waals surface area (Å²) in [6, 6.07) is 6.16. The average molecular weight is 389 g/mol. The van der Waals surface area contributed by atoms with Crippen LogP contribution in [-0.4, -0.2) is 35.3 Å². The highest BCUT2D eigenvalue weighted by Gasteiger charge is 2.23. The molecule has 0 unspecified atom stereocenters. The van der Waals surface area contributed by atoms with Crippen LogP contribution in [0, 0.1) is 11.6 Å². The highest BCUT2D eigenvalue weighted by molar-refractivity contribution is 6.45. The van der Waals surface area contributed by atoms with Crippen LogP contribution in [0.1, 0.15) is 26.3 Å². The first-order chi connectivity index (χ1) is 13.0. The van der Waals surface area contributed by atoms with Gasteiger partial charge in [-0.1, -0.05) is 0 Å². The Morgan fingerprint density at radius 3 is 2.36 bits per heavy atom. The maximum atomic E-state index is 13.5. The van der Waals surface area contributed by atoms with Gasteiger partial charge >= 0.3 is 6.09 Å². The monoisotopic (exact) mass is 389 g/mol. The number of hydrogen-bond donors (Lipinski definition) is 0. The van der Waals surface area contributed by atoms with Crippen molar-refractivity contribution >= 4 is 23.4 Å². The summed E-state index contributed by atoms with van der Waals surface area (Å²) < 4.78 is 32.2. The number of aliphatic imine (C=N–C) groups is 1. The molecule has 0 saturated heterocycles. The maximum Gasteiger partial charge on any atom is 0.434 e. The Hall–Kier alpha value is -3.16. The minimum atomic E-state index is -0.965.